The van der Waals surface area contributed by atoms with E-state index in [1.807, 2.05) is 6.07 Å². The summed E-state index contributed by atoms with van der Waals surface area (Å²) in [5, 5.41) is 7.70. The normalized spacial score (nSPS) is 11.1. The zero-order valence-corrected chi connectivity index (χ0v) is 15.2. The standard InChI is InChI=1S/C17H15N7O4/c1-9-13(16(26)24(22(9)3)11-7-5-4-6-8-11)23-17(27)19-15(25)12(20-23)14-18-10(2)28-21-14/h4-8H,1-3H3,(H,19,25,27). The largest absolute Gasteiger partial charge is 0.349 e. The second-order valence-electron chi connectivity index (χ2n) is 6.07. The Kier molecular flexibility index (Phi) is 3.91. The van der Waals surface area contributed by atoms with Crippen molar-refractivity contribution in [2.75, 3.05) is 0 Å². The van der Waals surface area contributed by atoms with Gasteiger partial charge in [0.25, 0.3) is 11.1 Å². The van der Waals surface area contributed by atoms with Gasteiger partial charge in [-0.3, -0.25) is 19.3 Å². The Labute approximate surface area is 156 Å². The number of aromatic nitrogens is 7. The Morgan fingerprint density at radius 2 is 1.79 bits per heavy atom. The van der Waals surface area contributed by atoms with Crippen LogP contribution in [0.4, 0.5) is 0 Å². The molecule has 0 aliphatic rings. The number of rotatable bonds is 3. The first-order valence-corrected chi connectivity index (χ1v) is 8.27. The number of hydrogen-bond acceptors (Lipinski definition) is 7. The number of hydrogen-bond donors (Lipinski definition) is 1. The number of H-pyrrole nitrogens is 1. The molecule has 0 spiro atoms. The van der Waals surface area contributed by atoms with Gasteiger partial charge >= 0.3 is 5.69 Å². The molecule has 3 heterocycles. The zero-order valence-electron chi connectivity index (χ0n) is 15.2. The van der Waals surface area contributed by atoms with Crippen LogP contribution in [0.3, 0.4) is 0 Å². The van der Waals surface area contributed by atoms with Crippen molar-refractivity contribution in [3.8, 4) is 22.9 Å². The minimum atomic E-state index is -0.847. The molecule has 0 aliphatic carbocycles. The molecule has 0 amide bonds. The molecule has 28 heavy (non-hydrogen) atoms. The summed E-state index contributed by atoms with van der Waals surface area (Å²) in [6.45, 7) is 3.23. The quantitative estimate of drug-likeness (QED) is 0.531. The minimum Gasteiger partial charge on any atom is -0.339 e. The third-order valence-electron chi connectivity index (χ3n) is 4.30. The van der Waals surface area contributed by atoms with Crippen LogP contribution in [0, 0.1) is 13.8 Å². The lowest BCUT2D eigenvalue weighted by Gasteiger charge is -2.07. The third-order valence-corrected chi connectivity index (χ3v) is 4.30. The highest BCUT2D eigenvalue weighted by Crippen LogP contribution is 2.13. The molecule has 4 aromatic rings. The summed E-state index contributed by atoms with van der Waals surface area (Å²) in [7, 11) is 1.69. The Morgan fingerprint density at radius 1 is 1.07 bits per heavy atom. The molecule has 0 fully saturated rings. The topological polar surface area (TPSA) is 134 Å². The van der Waals surface area contributed by atoms with Gasteiger partial charge in [0.1, 0.15) is 0 Å². The summed E-state index contributed by atoms with van der Waals surface area (Å²) in [6.07, 6.45) is 0. The summed E-state index contributed by atoms with van der Waals surface area (Å²) < 4.78 is 8.72. The summed E-state index contributed by atoms with van der Waals surface area (Å²) in [5.41, 5.74) is -1.22. The second kappa shape index (κ2) is 6.30. The highest BCUT2D eigenvalue weighted by molar-refractivity contribution is 5.46. The van der Waals surface area contributed by atoms with Gasteiger partial charge in [0.15, 0.2) is 11.4 Å². The second-order valence-corrected chi connectivity index (χ2v) is 6.07. The van der Waals surface area contributed by atoms with Crippen LogP contribution in [-0.4, -0.2) is 34.3 Å². The average Bonchev–Trinajstić information content (AvgIpc) is 3.18. The van der Waals surface area contributed by atoms with Crippen molar-refractivity contribution >= 4 is 0 Å². The molecule has 11 nitrogen and oxygen atoms in total. The zero-order chi connectivity index (χ0) is 20.0. The first kappa shape index (κ1) is 17.4. The van der Waals surface area contributed by atoms with Gasteiger partial charge in [0.05, 0.1) is 11.4 Å². The summed E-state index contributed by atoms with van der Waals surface area (Å²) >= 11 is 0. The Hall–Kier alpha value is -4.02. The Morgan fingerprint density at radius 3 is 2.43 bits per heavy atom. The van der Waals surface area contributed by atoms with Crippen molar-refractivity contribution in [1.82, 2.24) is 34.3 Å². The fourth-order valence-corrected chi connectivity index (χ4v) is 2.89. The van der Waals surface area contributed by atoms with E-state index in [4.69, 9.17) is 4.52 Å². The fourth-order valence-electron chi connectivity index (χ4n) is 2.89. The number of nitrogens with zero attached hydrogens (tertiary/aromatic N) is 6. The molecule has 0 unspecified atom stereocenters. The van der Waals surface area contributed by atoms with Gasteiger partial charge in [-0.25, -0.2) is 9.48 Å². The number of aromatic amines is 1. The Bertz CT molecular complexity index is 1350. The van der Waals surface area contributed by atoms with Gasteiger partial charge in [0.2, 0.25) is 11.7 Å². The van der Waals surface area contributed by atoms with Gasteiger partial charge < -0.3 is 4.52 Å². The van der Waals surface area contributed by atoms with E-state index in [1.54, 1.807) is 49.8 Å². The monoisotopic (exact) mass is 381 g/mol. The molecule has 4 rings (SSSR count). The van der Waals surface area contributed by atoms with Crippen molar-refractivity contribution < 1.29 is 4.52 Å². The molecule has 3 aromatic heterocycles. The number of para-hydroxylation sites is 1. The van der Waals surface area contributed by atoms with Crippen LogP contribution >= 0.6 is 0 Å². The molecule has 0 radical (unpaired) electrons. The van der Waals surface area contributed by atoms with Crippen molar-refractivity contribution in [3.05, 3.63) is 73.1 Å². The first-order chi connectivity index (χ1) is 13.4. The van der Waals surface area contributed by atoms with Gasteiger partial charge in [-0.15, -0.1) is 0 Å². The van der Waals surface area contributed by atoms with Crippen molar-refractivity contribution in [2.45, 2.75) is 13.8 Å². The molecule has 142 valence electrons. The maximum Gasteiger partial charge on any atom is 0.349 e. The summed E-state index contributed by atoms with van der Waals surface area (Å²) in [4.78, 5) is 43.8. The van der Waals surface area contributed by atoms with Crippen LogP contribution in [0.1, 0.15) is 11.6 Å². The van der Waals surface area contributed by atoms with E-state index < -0.39 is 16.8 Å². The average molecular weight is 381 g/mol. The molecular weight excluding hydrogens is 366 g/mol. The third kappa shape index (κ3) is 2.60. The van der Waals surface area contributed by atoms with Crippen molar-refractivity contribution in [2.24, 2.45) is 7.05 Å². The maximum atomic E-state index is 13.1. The Balaban J connectivity index is 2.00. The van der Waals surface area contributed by atoms with Crippen LogP contribution < -0.4 is 16.8 Å². The van der Waals surface area contributed by atoms with Crippen LogP contribution in [0.25, 0.3) is 22.9 Å². The molecule has 0 saturated heterocycles. The molecule has 1 aromatic carbocycles. The van der Waals surface area contributed by atoms with E-state index in [0.29, 0.717) is 11.4 Å². The van der Waals surface area contributed by atoms with Crippen LogP contribution in [0.15, 0.2) is 49.2 Å². The fraction of sp³-hybridized carbons (Fsp3) is 0.176. The molecule has 0 aliphatic heterocycles. The van der Waals surface area contributed by atoms with Crippen LogP contribution in [0.5, 0.6) is 0 Å². The molecule has 0 atom stereocenters. The van der Waals surface area contributed by atoms with Crippen LogP contribution in [-0.2, 0) is 7.05 Å². The van der Waals surface area contributed by atoms with Gasteiger partial charge in [0, 0.05) is 14.0 Å². The predicted molar refractivity (Wildman–Crippen MR) is 97.8 cm³/mol. The van der Waals surface area contributed by atoms with E-state index in [2.05, 4.69) is 20.2 Å². The van der Waals surface area contributed by atoms with E-state index in [1.165, 1.54) is 4.68 Å². The first-order valence-electron chi connectivity index (χ1n) is 8.27. The summed E-state index contributed by atoms with van der Waals surface area (Å²) in [6, 6.07) is 8.95. The maximum absolute atomic E-state index is 13.1. The molecule has 11 heteroatoms. The lowest BCUT2D eigenvalue weighted by atomic mass is 10.3. The van der Waals surface area contributed by atoms with Crippen LogP contribution in [0.2, 0.25) is 0 Å². The highest BCUT2D eigenvalue weighted by Gasteiger charge is 2.22. The van der Waals surface area contributed by atoms with E-state index in [9.17, 15) is 14.4 Å². The molecule has 0 saturated carbocycles. The minimum absolute atomic E-state index is 0.00840. The number of nitrogens with one attached hydrogen (secondary N) is 1. The molecule has 1 N–H and O–H groups in total. The lowest BCUT2D eigenvalue weighted by Crippen LogP contribution is -2.35. The van der Waals surface area contributed by atoms with E-state index in [-0.39, 0.29) is 23.1 Å². The smallest absolute Gasteiger partial charge is 0.339 e. The van der Waals surface area contributed by atoms with Gasteiger partial charge in [-0.2, -0.15) is 14.8 Å². The van der Waals surface area contributed by atoms with Gasteiger partial charge in [-0.1, -0.05) is 23.4 Å². The predicted octanol–water partition coefficient (Wildman–Crippen LogP) is 0.0770. The van der Waals surface area contributed by atoms with E-state index >= 15 is 0 Å². The number of aryl methyl sites for hydroxylation is 1. The highest BCUT2D eigenvalue weighted by atomic mass is 16.5. The molecule has 0 bridgehead atoms. The molecular formula is C17H15N7O4. The van der Waals surface area contributed by atoms with Crippen molar-refractivity contribution in [3.63, 3.8) is 0 Å². The summed E-state index contributed by atoms with van der Waals surface area (Å²) in [5.74, 6) is 0.153. The van der Waals surface area contributed by atoms with Gasteiger partial charge in [-0.05, 0) is 19.1 Å². The van der Waals surface area contributed by atoms with E-state index in [0.717, 1.165) is 4.68 Å². The van der Waals surface area contributed by atoms with Crippen molar-refractivity contribution in [1.29, 1.82) is 0 Å². The number of benzene rings is 1. The SMILES string of the molecule is Cc1nc(-c2nn(-c3c(C)n(C)n(-c4ccccc4)c3=O)c(=O)[nH]c2=O)no1. The lowest BCUT2D eigenvalue weighted by molar-refractivity contribution is 0.394.